The monoisotopic (exact) mass is 334 g/mol. The van der Waals surface area contributed by atoms with Gasteiger partial charge >= 0.3 is 6.03 Å². The van der Waals surface area contributed by atoms with Crippen molar-refractivity contribution < 1.29 is 14.0 Å². The van der Waals surface area contributed by atoms with Crippen LogP contribution in [-0.2, 0) is 4.79 Å². The molecule has 7 nitrogen and oxygen atoms in total. The van der Waals surface area contributed by atoms with Crippen molar-refractivity contribution in [2.75, 3.05) is 32.7 Å². The van der Waals surface area contributed by atoms with Crippen LogP contribution in [0.15, 0.2) is 22.8 Å². The lowest BCUT2D eigenvalue weighted by Gasteiger charge is -2.32. The molecule has 132 valence electrons. The first-order chi connectivity index (χ1) is 11.6. The number of urea groups is 1. The number of nitrogens with one attached hydrogen (secondary N) is 1. The summed E-state index contributed by atoms with van der Waals surface area (Å²) in [7, 11) is 0. The number of piperidine rings is 1. The predicted octanol–water partition coefficient (Wildman–Crippen LogP) is 1.32. The van der Waals surface area contributed by atoms with Crippen LogP contribution in [0.4, 0.5) is 4.79 Å². The molecule has 1 unspecified atom stereocenters. The van der Waals surface area contributed by atoms with E-state index < -0.39 is 0 Å². The number of hydrogen-bond acceptors (Lipinski definition) is 4. The van der Waals surface area contributed by atoms with Gasteiger partial charge in [-0.1, -0.05) is 0 Å². The molecule has 2 saturated heterocycles. The third-order valence-electron chi connectivity index (χ3n) is 5.08. The van der Waals surface area contributed by atoms with Gasteiger partial charge in [0.1, 0.15) is 5.76 Å². The molecule has 0 bridgehead atoms. The van der Waals surface area contributed by atoms with Crippen molar-refractivity contribution in [1.82, 2.24) is 15.1 Å². The number of carbonyl (C=O) groups excluding carboxylic acids is 2. The quantitative estimate of drug-likeness (QED) is 0.849. The molecular formula is C17H26N4O3. The summed E-state index contributed by atoms with van der Waals surface area (Å²) in [5.74, 6) is 0.529. The van der Waals surface area contributed by atoms with Crippen LogP contribution in [0.3, 0.4) is 0 Å². The maximum absolute atomic E-state index is 12.4. The summed E-state index contributed by atoms with van der Waals surface area (Å²) in [6, 6.07) is 3.85. The zero-order valence-electron chi connectivity index (χ0n) is 13.9. The molecule has 7 heteroatoms. The molecule has 0 saturated carbocycles. The van der Waals surface area contributed by atoms with Crippen molar-refractivity contribution in [2.45, 2.75) is 31.7 Å². The van der Waals surface area contributed by atoms with Crippen LogP contribution >= 0.6 is 0 Å². The highest BCUT2D eigenvalue weighted by molar-refractivity contribution is 5.78. The molecule has 1 aromatic rings. The fourth-order valence-electron chi connectivity index (χ4n) is 3.61. The molecule has 3 rings (SSSR count). The number of hydrogen-bond donors (Lipinski definition) is 2. The molecule has 24 heavy (non-hydrogen) atoms. The number of likely N-dealkylation sites (tertiary alicyclic amines) is 2. The molecule has 2 aliphatic heterocycles. The van der Waals surface area contributed by atoms with Gasteiger partial charge in [-0.15, -0.1) is 0 Å². The molecule has 3 amide bonds. The van der Waals surface area contributed by atoms with E-state index in [1.54, 1.807) is 11.2 Å². The van der Waals surface area contributed by atoms with E-state index >= 15 is 0 Å². The molecule has 1 aromatic heterocycles. The van der Waals surface area contributed by atoms with E-state index in [4.69, 9.17) is 10.2 Å². The van der Waals surface area contributed by atoms with Gasteiger partial charge in [0.2, 0.25) is 5.91 Å². The summed E-state index contributed by atoms with van der Waals surface area (Å²) in [6.07, 6.45) is 5.35. The van der Waals surface area contributed by atoms with E-state index in [2.05, 4.69) is 10.2 Å². The van der Waals surface area contributed by atoms with Crippen molar-refractivity contribution in [3.05, 3.63) is 24.2 Å². The molecule has 0 radical (unpaired) electrons. The fourth-order valence-corrected chi connectivity index (χ4v) is 3.61. The Bertz CT molecular complexity index is 546. The number of primary amides is 1. The molecule has 2 aliphatic rings. The lowest BCUT2D eigenvalue weighted by Crippen LogP contribution is -2.48. The van der Waals surface area contributed by atoms with Crippen molar-refractivity contribution in [3.8, 4) is 0 Å². The third-order valence-corrected chi connectivity index (χ3v) is 5.08. The maximum Gasteiger partial charge on any atom is 0.317 e. The Morgan fingerprint density at radius 1 is 1.25 bits per heavy atom. The van der Waals surface area contributed by atoms with E-state index in [0.717, 1.165) is 18.8 Å². The molecule has 0 aromatic carbocycles. The van der Waals surface area contributed by atoms with E-state index in [1.165, 1.54) is 12.8 Å². The molecule has 3 N–H and O–H groups in total. The zero-order valence-corrected chi connectivity index (χ0v) is 13.9. The van der Waals surface area contributed by atoms with Crippen LogP contribution in [0.1, 0.15) is 37.5 Å². The van der Waals surface area contributed by atoms with E-state index in [9.17, 15) is 9.59 Å². The van der Waals surface area contributed by atoms with Gasteiger partial charge in [0, 0.05) is 25.6 Å². The SMILES string of the molecule is NC(=O)C1CCN(C(=O)NCC(c2ccco2)N2CCCC2)CC1. The fraction of sp³-hybridized carbons (Fsp3) is 0.647. The van der Waals surface area contributed by atoms with Gasteiger partial charge in [-0.25, -0.2) is 4.79 Å². The Balaban J connectivity index is 1.53. The van der Waals surface area contributed by atoms with Crippen LogP contribution in [0.2, 0.25) is 0 Å². The molecule has 0 aliphatic carbocycles. The summed E-state index contributed by atoms with van der Waals surface area (Å²) >= 11 is 0. The largest absolute Gasteiger partial charge is 0.468 e. The van der Waals surface area contributed by atoms with E-state index in [-0.39, 0.29) is 23.9 Å². The van der Waals surface area contributed by atoms with Gasteiger partial charge in [0.05, 0.1) is 12.3 Å². The summed E-state index contributed by atoms with van der Waals surface area (Å²) in [4.78, 5) is 27.8. The van der Waals surface area contributed by atoms with Crippen LogP contribution in [0.5, 0.6) is 0 Å². The van der Waals surface area contributed by atoms with Gasteiger partial charge < -0.3 is 20.4 Å². The van der Waals surface area contributed by atoms with E-state index in [1.807, 2.05) is 12.1 Å². The second kappa shape index (κ2) is 7.70. The highest BCUT2D eigenvalue weighted by atomic mass is 16.3. The highest BCUT2D eigenvalue weighted by Gasteiger charge is 2.29. The minimum Gasteiger partial charge on any atom is -0.468 e. The van der Waals surface area contributed by atoms with Crippen molar-refractivity contribution in [3.63, 3.8) is 0 Å². The van der Waals surface area contributed by atoms with Gasteiger partial charge in [0.15, 0.2) is 0 Å². The molecular weight excluding hydrogens is 308 g/mol. The number of carbonyl (C=O) groups is 2. The summed E-state index contributed by atoms with van der Waals surface area (Å²) in [6.45, 7) is 3.75. The first kappa shape index (κ1) is 16.8. The minimum atomic E-state index is -0.262. The Morgan fingerprint density at radius 2 is 1.96 bits per heavy atom. The topological polar surface area (TPSA) is 91.8 Å². The molecule has 0 spiro atoms. The minimum absolute atomic E-state index is 0.0753. The predicted molar refractivity (Wildman–Crippen MR) is 89.1 cm³/mol. The summed E-state index contributed by atoms with van der Waals surface area (Å²) < 4.78 is 5.57. The van der Waals surface area contributed by atoms with Crippen molar-refractivity contribution >= 4 is 11.9 Å². The normalized spacial score (nSPS) is 20.9. The van der Waals surface area contributed by atoms with Gasteiger partial charge in [0.25, 0.3) is 0 Å². The summed E-state index contributed by atoms with van der Waals surface area (Å²) in [5, 5.41) is 3.03. The Labute approximate surface area is 142 Å². The summed E-state index contributed by atoms with van der Waals surface area (Å²) in [5.41, 5.74) is 5.34. The standard InChI is InChI=1S/C17H26N4O3/c18-16(22)13-5-9-21(10-6-13)17(23)19-12-14(15-4-3-11-24-15)20-7-1-2-8-20/h3-4,11,13-14H,1-2,5-10,12H2,(H2,18,22)(H,19,23). The Morgan fingerprint density at radius 3 is 2.54 bits per heavy atom. The van der Waals surface area contributed by atoms with E-state index in [0.29, 0.717) is 32.5 Å². The highest BCUT2D eigenvalue weighted by Crippen LogP contribution is 2.25. The van der Waals surface area contributed by atoms with Gasteiger partial charge in [-0.3, -0.25) is 9.69 Å². The Kier molecular flexibility index (Phi) is 5.40. The van der Waals surface area contributed by atoms with Crippen LogP contribution < -0.4 is 11.1 Å². The second-order valence-corrected chi connectivity index (χ2v) is 6.62. The lowest BCUT2D eigenvalue weighted by molar-refractivity contribution is -0.123. The molecule has 1 atom stereocenters. The third kappa shape index (κ3) is 3.90. The second-order valence-electron chi connectivity index (χ2n) is 6.62. The first-order valence-electron chi connectivity index (χ1n) is 8.74. The zero-order chi connectivity index (χ0) is 16.9. The smallest absolute Gasteiger partial charge is 0.317 e. The molecule has 2 fully saturated rings. The Hall–Kier alpha value is -2.02. The number of rotatable bonds is 5. The number of nitrogens with zero attached hydrogens (tertiary/aromatic N) is 2. The average molecular weight is 334 g/mol. The van der Waals surface area contributed by atoms with Gasteiger partial charge in [-0.05, 0) is 50.9 Å². The number of furan rings is 1. The van der Waals surface area contributed by atoms with Crippen molar-refractivity contribution in [1.29, 1.82) is 0 Å². The van der Waals surface area contributed by atoms with Crippen molar-refractivity contribution in [2.24, 2.45) is 11.7 Å². The van der Waals surface area contributed by atoms with Gasteiger partial charge in [-0.2, -0.15) is 0 Å². The number of nitrogens with two attached hydrogens (primary N) is 1. The number of amides is 3. The molecule has 3 heterocycles. The van der Waals surface area contributed by atoms with Crippen LogP contribution in [0, 0.1) is 5.92 Å². The first-order valence-corrected chi connectivity index (χ1v) is 8.74. The van der Waals surface area contributed by atoms with Crippen LogP contribution in [-0.4, -0.2) is 54.5 Å². The average Bonchev–Trinajstić information content (AvgIpc) is 3.29. The lowest BCUT2D eigenvalue weighted by atomic mass is 9.96. The van der Waals surface area contributed by atoms with Crippen LogP contribution in [0.25, 0.3) is 0 Å². The maximum atomic E-state index is 12.4.